The second-order valence-electron chi connectivity index (χ2n) is 7.60. The highest BCUT2D eigenvalue weighted by molar-refractivity contribution is 6.57. The van der Waals surface area contributed by atoms with Crippen molar-refractivity contribution in [2.45, 2.75) is 71.9 Å². The van der Waals surface area contributed by atoms with Crippen molar-refractivity contribution in [3.05, 3.63) is 0 Å². The number of carbonyl (C=O) groups is 1. The van der Waals surface area contributed by atoms with E-state index in [-0.39, 0.29) is 11.5 Å². The predicted molar refractivity (Wildman–Crippen MR) is 95.7 cm³/mol. The van der Waals surface area contributed by atoms with Gasteiger partial charge in [0.25, 0.3) is 0 Å². The Morgan fingerprint density at radius 3 is 2.45 bits per heavy atom. The molecule has 0 aromatic carbocycles. The summed E-state index contributed by atoms with van der Waals surface area (Å²) in [5.41, 5.74) is 0.199. The normalized spacial score (nSPS) is 21.6. The van der Waals surface area contributed by atoms with Gasteiger partial charge in [0.05, 0.1) is 21.8 Å². The van der Waals surface area contributed by atoms with Gasteiger partial charge in [-0.3, -0.25) is 14.6 Å². The molecule has 1 fully saturated rings. The molecular weight excluding hydrogens is 292 g/mol. The average Bonchev–Trinajstić information content (AvgIpc) is 2.44. The number of ether oxygens (including phenoxy) is 1. The molecule has 1 saturated heterocycles. The van der Waals surface area contributed by atoms with Gasteiger partial charge in [-0.15, -0.1) is 0 Å². The fourth-order valence-electron chi connectivity index (χ4n) is 3.36. The maximum atomic E-state index is 11.7. The van der Waals surface area contributed by atoms with Crippen LogP contribution in [0, 0.1) is 5.92 Å². The Labute approximate surface area is 138 Å². The maximum absolute atomic E-state index is 11.7. The van der Waals surface area contributed by atoms with Crippen molar-refractivity contribution in [1.82, 2.24) is 9.80 Å². The highest BCUT2D eigenvalue weighted by Gasteiger charge is 2.41. The number of hydrogen-bond donors (Lipinski definition) is 0. The van der Waals surface area contributed by atoms with Crippen LogP contribution >= 0.6 is 0 Å². The lowest BCUT2D eigenvalue weighted by Gasteiger charge is -2.54. The topological polar surface area (TPSA) is 32.8 Å². The number of nitrogens with zero attached hydrogens (tertiary/aromatic N) is 2. The van der Waals surface area contributed by atoms with E-state index in [1.807, 2.05) is 6.92 Å². The van der Waals surface area contributed by atoms with E-state index in [9.17, 15) is 4.79 Å². The van der Waals surface area contributed by atoms with Crippen molar-refractivity contribution in [2.24, 2.45) is 5.92 Å². The van der Waals surface area contributed by atoms with Gasteiger partial charge in [-0.25, -0.2) is 0 Å². The zero-order chi connectivity index (χ0) is 16.9. The smallest absolute Gasteiger partial charge is 0.307 e. The first-order valence-corrected chi connectivity index (χ1v) is 11.9. The fraction of sp³-hybridized carbons (Fsp3) is 0.941. The van der Waals surface area contributed by atoms with Crippen LogP contribution in [0.4, 0.5) is 0 Å². The van der Waals surface area contributed by atoms with Crippen LogP contribution in [0.2, 0.25) is 13.1 Å². The first kappa shape index (κ1) is 19.7. The molecule has 0 saturated carbocycles. The molecule has 5 heteroatoms. The molecule has 1 rings (SSSR count). The Kier molecular flexibility index (Phi) is 7.55. The molecule has 1 aliphatic heterocycles. The molecule has 1 aliphatic rings. The summed E-state index contributed by atoms with van der Waals surface area (Å²) < 4.78 is 5.09. The van der Waals surface area contributed by atoms with Gasteiger partial charge >= 0.3 is 5.97 Å². The molecule has 4 nitrogen and oxygen atoms in total. The molecule has 0 N–H and O–H groups in total. The number of rotatable bonds is 7. The first-order valence-electron chi connectivity index (χ1n) is 8.88. The minimum Gasteiger partial charge on any atom is -0.466 e. The highest BCUT2D eigenvalue weighted by Crippen LogP contribution is 2.31. The molecule has 22 heavy (non-hydrogen) atoms. The Balaban J connectivity index is 2.82. The minimum absolute atomic E-state index is 0.0630. The van der Waals surface area contributed by atoms with E-state index in [4.69, 9.17) is 4.74 Å². The van der Waals surface area contributed by atoms with Crippen LogP contribution in [0.5, 0.6) is 0 Å². The number of hydrogen-bond acceptors (Lipinski definition) is 4. The van der Waals surface area contributed by atoms with Crippen molar-refractivity contribution in [1.29, 1.82) is 0 Å². The lowest BCUT2D eigenvalue weighted by atomic mass is 9.88. The summed E-state index contributed by atoms with van der Waals surface area (Å²) in [6, 6.07) is 0. The van der Waals surface area contributed by atoms with Crippen LogP contribution in [-0.4, -0.2) is 62.1 Å². The van der Waals surface area contributed by atoms with Crippen LogP contribution in [0.1, 0.15) is 47.5 Å². The molecule has 0 aromatic heterocycles. The van der Waals surface area contributed by atoms with Crippen LogP contribution < -0.4 is 0 Å². The van der Waals surface area contributed by atoms with E-state index in [1.165, 1.54) is 13.0 Å². The highest BCUT2D eigenvalue weighted by atomic mass is 28.3. The van der Waals surface area contributed by atoms with Crippen molar-refractivity contribution in [2.75, 3.05) is 26.2 Å². The summed E-state index contributed by atoms with van der Waals surface area (Å²) in [5.74, 6) is 1.10. The monoisotopic (exact) mass is 328 g/mol. The Hall–Kier alpha value is -0.393. The van der Waals surface area contributed by atoms with Gasteiger partial charge in [0.1, 0.15) is 0 Å². The molecule has 1 heterocycles. The quantitative estimate of drug-likeness (QED) is 0.531. The summed E-state index contributed by atoms with van der Waals surface area (Å²) in [6.07, 6.45) is 1.71. The zero-order valence-electron chi connectivity index (χ0n) is 15.7. The third-order valence-electron chi connectivity index (χ3n) is 5.20. The lowest BCUT2D eigenvalue weighted by Crippen LogP contribution is -2.66. The van der Waals surface area contributed by atoms with E-state index in [0.29, 0.717) is 24.7 Å². The van der Waals surface area contributed by atoms with Gasteiger partial charge in [0.15, 0.2) is 0 Å². The van der Waals surface area contributed by atoms with E-state index >= 15 is 0 Å². The van der Waals surface area contributed by atoms with E-state index in [0.717, 1.165) is 13.1 Å². The van der Waals surface area contributed by atoms with Crippen molar-refractivity contribution in [3.8, 4) is 0 Å². The third kappa shape index (κ3) is 4.80. The zero-order valence-corrected chi connectivity index (χ0v) is 16.8. The third-order valence-corrected chi connectivity index (χ3v) is 7.17. The standard InChI is InChI=1S/C17H36N2O2Si/c1-8-21-15(20)10-13-18-11-9-12-19(16(18)22(6)7)17(4,5)14(2)3/h14,16,22H,8-13H2,1-7H3. The summed E-state index contributed by atoms with van der Waals surface area (Å²) >= 11 is 0. The molecule has 0 aliphatic carbocycles. The van der Waals surface area contributed by atoms with Gasteiger partial charge in [-0.1, -0.05) is 26.9 Å². The van der Waals surface area contributed by atoms with Crippen molar-refractivity contribution < 1.29 is 9.53 Å². The van der Waals surface area contributed by atoms with Crippen molar-refractivity contribution >= 4 is 14.8 Å². The molecule has 0 radical (unpaired) electrons. The molecule has 0 aromatic rings. The van der Waals surface area contributed by atoms with Crippen LogP contribution in [-0.2, 0) is 9.53 Å². The van der Waals surface area contributed by atoms with E-state index in [1.54, 1.807) is 0 Å². The van der Waals surface area contributed by atoms with Crippen LogP contribution in [0.3, 0.4) is 0 Å². The molecule has 1 atom stereocenters. The Morgan fingerprint density at radius 2 is 1.95 bits per heavy atom. The first-order chi connectivity index (χ1) is 10.2. The summed E-state index contributed by atoms with van der Waals surface area (Å²) in [4.78, 5) is 17.0. The number of esters is 1. The second kappa shape index (κ2) is 8.46. The van der Waals surface area contributed by atoms with E-state index in [2.05, 4.69) is 50.6 Å². The molecule has 0 bridgehead atoms. The van der Waals surface area contributed by atoms with Gasteiger partial charge in [-0.05, 0) is 33.1 Å². The second-order valence-corrected chi connectivity index (χ2v) is 10.7. The number of carbonyl (C=O) groups excluding carboxylic acids is 1. The van der Waals surface area contributed by atoms with Gasteiger partial charge in [-0.2, -0.15) is 0 Å². The molecule has 130 valence electrons. The summed E-state index contributed by atoms with van der Waals surface area (Å²) in [7, 11) is -0.888. The van der Waals surface area contributed by atoms with Gasteiger partial charge in [0.2, 0.25) is 0 Å². The van der Waals surface area contributed by atoms with Gasteiger partial charge in [0, 0.05) is 31.0 Å². The van der Waals surface area contributed by atoms with Crippen LogP contribution in [0.25, 0.3) is 0 Å². The van der Waals surface area contributed by atoms with Crippen molar-refractivity contribution in [3.63, 3.8) is 0 Å². The minimum atomic E-state index is -0.888. The Bertz CT molecular complexity index is 359. The molecule has 1 unspecified atom stereocenters. The maximum Gasteiger partial charge on any atom is 0.307 e. The molecule has 0 amide bonds. The molecular formula is C17H36N2O2Si. The van der Waals surface area contributed by atoms with E-state index < -0.39 is 8.80 Å². The summed E-state index contributed by atoms with van der Waals surface area (Å²) in [5, 5.41) is 0. The predicted octanol–water partition coefficient (Wildman–Crippen LogP) is 2.73. The van der Waals surface area contributed by atoms with Gasteiger partial charge < -0.3 is 4.74 Å². The summed E-state index contributed by atoms with van der Waals surface area (Å²) in [6.45, 7) is 19.7. The Morgan fingerprint density at radius 1 is 1.32 bits per heavy atom. The van der Waals surface area contributed by atoms with Crippen LogP contribution in [0.15, 0.2) is 0 Å². The lowest BCUT2D eigenvalue weighted by molar-refractivity contribution is -0.144. The fourth-order valence-corrected chi connectivity index (χ4v) is 5.75. The average molecular weight is 329 g/mol. The SMILES string of the molecule is CCOC(=O)CCN1CCCN(C(C)(C)C(C)C)C1[SiH](C)C. The largest absolute Gasteiger partial charge is 0.466 e. The molecule has 0 spiro atoms.